The predicted octanol–water partition coefficient (Wildman–Crippen LogP) is 6.44. The van der Waals surface area contributed by atoms with Gasteiger partial charge >= 0.3 is 6.09 Å². The highest BCUT2D eigenvalue weighted by atomic mass is 79.9. The number of non-ortho nitro benzene ring substituents is 1. The zero-order valence-corrected chi connectivity index (χ0v) is 31.1. The van der Waals surface area contributed by atoms with Crippen LogP contribution < -0.4 is 4.90 Å². The summed E-state index contributed by atoms with van der Waals surface area (Å²) in [6.07, 6.45) is 0.826. The van der Waals surface area contributed by atoms with Gasteiger partial charge in [-0.05, 0) is 88.2 Å². The molecule has 2 unspecified atom stereocenters. The van der Waals surface area contributed by atoms with Gasteiger partial charge in [-0.25, -0.2) is 4.79 Å². The van der Waals surface area contributed by atoms with E-state index in [4.69, 9.17) is 4.74 Å². The Labute approximate surface area is 302 Å². The molecule has 2 atom stereocenters. The maximum Gasteiger partial charge on any atom is 0.410 e. The highest BCUT2D eigenvalue weighted by molar-refractivity contribution is 9.10. The lowest BCUT2D eigenvalue weighted by Gasteiger charge is -2.55. The monoisotopic (exact) mass is 766 g/mol. The van der Waals surface area contributed by atoms with Crippen LogP contribution in [0.1, 0.15) is 56.7 Å². The molecular weight excluding hydrogens is 724 g/mol. The van der Waals surface area contributed by atoms with Gasteiger partial charge in [0, 0.05) is 67.6 Å². The molecule has 14 heteroatoms. The molecular formula is C36H43BrN6O6S. The number of carbonyl (C=O) groups is 1. The van der Waals surface area contributed by atoms with E-state index in [1.165, 1.54) is 24.3 Å². The van der Waals surface area contributed by atoms with Crippen LogP contribution in [0, 0.1) is 10.1 Å². The van der Waals surface area contributed by atoms with Gasteiger partial charge in [0.1, 0.15) is 11.4 Å². The number of nitrogens with zero attached hydrogens (tertiary/aromatic N) is 6. The third-order valence-corrected chi connectivity index (χ3v) is 11.4. The molecule has 6 rings (SSSR count). The Bertz CT molecular complexity index is 1830. The van der Waals surface area contributed by atoms with Gasteiger partial charge in [0.15, 0.2) is 0 Å². The number of hydrogen-bond donors (Lipinski definition) is 0. The molecule has 0 spiro atoms. The molecule has 1 amide bonds. The minimum atomic E-state index is -4.24. The number of benzene rings is 3. The number of likely N-dealkylation sites (tertiary alicyclic amines) is 2. The Morgan fingerprint density at radius 2 is 1.46 bits per heavy atom. The number of piperidine rings is 1. The number of ether oxygens (including phenoxy) is 1. The van der Waals surface area contributed by atoms with Crippen molar-refractivity contribution in [1.82, 2.24) is 14.7 Å². The summed E-state index contributed by atoms with van der Waals surface area (Å²) in [5.74, 6) is 0.0359. The van der Waals surface area contributed by atoms with Crippen molar-refractivity contribution >= 4 is 49.3 Å². The number of halogens is 1. The largest absolute Gasteiger partial charge is 0.444 e. The fourth-order valence-corrected chi connectivity index (χ4v) is 8.21. The third-order valence-electron chi connectivity index (χ3n) is 9.56. The lowest BCUT2D eigenvalue weighted by atomic mass is 9.75. The van der Waals surface area contributed by atoms with E-state index >= 15 is 0 Å². The van der Waals surface area contributed by atoms with Gasteiger partial charge in [0.25, 0.3) is 15.7 Å². The predicted molar refractivity (Wildman–Crippen MR) is 196 cm³/mol. The van der Waals surface area contributed by atoms with Gasteiger partial charge in [-0.3, -0.25) is 10.1 Å². The van der Waals surface area contributed by atoms with Crippen LogP contribution in [0.3, 0.4) is 0 Å². The number of nitro groups is 1. The van der Waals surface area contributed by atoms with Gasteiger partial charge in [-0.2, -0.15) is 8.42 Å². The average Bonchev–Trinajstić information content (AvgIpc) is 3.07. The molecule has 3 aliphatic heterocycles. The van der Waals surface area contributed by atoms with Crippen LogP contribution in [0.4, 0.5) is 16.2 Å². The van der Waals surface area contributed by atoms with Gasteiger partial charge in [0.05, 0.1) is 21.8 Å². The van der Waals surface area contributed by atoms with E-state index in [1.807, 2.05) is 45.0 Å². The van der Waals surface area contributed by atoms with Gasteiger partial charge in [-0.15, -0.1) is 4.40 Å². The van der Waals surface area contributed by atoms with E-state index in [0.29, 0.717) is 31.8 Å². The van der Waals surface area contributed by atoms with Crippen molar-refractivity contribution in [3.05, 3.63) is 98.5 Å². The Kier molecular flexibility index (Phi) is 10.2. The first-order valence-electron chi connectivity index (χ1n) is 16.8. The molecule has 12 nitrogen and oxygen atoms in total. The Morgan fingerprint density at radius 3 is 2.02 bits per heavy atom. The van der Waals surface area contributed by atoms with E-state index in [1.54, 1.807) is 4.90 Å². The number of carbonyl (C=O) groups excluding carboxylic acids is 1. The third kappa shape index (κ3) is 7.82. The van der Waals surface area contributed by atoms with Crippen molar-refractivity contribution in [3.63, 3.8) is 0 Å². The standard InChI is InChI=1S/C36H43BrN6O6S/c1-36(2,3)49-35(44)41-19-17-29(18-20-41)42-33(26-5-9-27(37)10-6-26)32(25-7-11-28(12-8-25)40-23-21-39(4)22-24-40)34(42)38-50(47,48)31-15-13-30(14-16-31)43(45)46/h5-16,29,32-33H,17-24H2,1-4H3. The van der Waals surface area contributed by atoms with E-state index in [0.717, 1.165) is 47.5 Å². The van der Waals surface area contributed by atoms with Crippen molar-refractivity contribution in [2.24, 2.45) is 4.40 Å². The molecule has 3 fully saturated rings. The van der Waals surface area contributed by atoms with Gasteiger partial charge in [-0.1, -0.05) is 40.2 Å². The molecule has 50 heavy (non-hydrogen) atoms. The second kappa shape index (κ2) is 14.3. The quantitative estimate of drug-likeness (QED) is 0.197. The molecule has 3 aliphatic rings. The van der Waals surface area contributed by atoms with Crippen LogP contribution in [-0.4, -0.2) is 97.9 Å². The normalized spacial score (nSPS) is 21.6. The van der Waals surface area contributed by atoms with Gasteiger partial charge < -0.3 is 24.3 Å². The highest BCUT2D eigenvalue weighted by Gasteiger charge is 2.51. The Hall–Kier alpha value is -4.01. The van der Waals surface area contributed by atoms with E-state index in [9.17, 15) is 23.3 Å². The van der Waals surface area contributed by atoms with Crippen LogP contribution in [0.2, 0.25) is 0 Å². The van der Waals surface area contributed by atoms with Crippen molar-refractivity contribution in [3.8, 4) is 0 Å². The summed E-state index contributed by atoms with van der Waals surface area (Å²) >= 11 is 3.55. The van der Waals surface area contributed by atoms with E-state index < -0.39 is 20.5 Å². The number of piperazine rings is 1. The molecule has 0 radical (unpaired) electrons. The summed E-state index contributed by atoms with van der Waals surface area (Å²) in [5, 5.41) is 11.3. The summed E-state index contributed by atoms with van der Waals surface area (Å²) in [6, 6.07) is 20.9. The minimum Gasteiger partial charge on any atom is -0.444 e. The molecule has 266 valence electrons. The zero-order valence-electron chi connectivity index (χ0n) is 28.7. The minimum absolute atomic E-state index is 0.103. The maximum absolute atomic E-state index is 13.9. The number of amidine groups is 1. The summed E-state index contributed by atoms with van der Waals surface area (Å²) < 4.78 is 38.9. The van der Waals surface area contributed by atoms with Crippen molar-refractivity contribution in [2.75, 3.05) is 51.2 Å². The summed E-state index contributed by atoms with van der Waals surface area (Å²) in [5.41, 5.74) is 2.26. The molecule has 0 bridgehead atoms. The van der Waals surface area contributed by atoms with Crippen LogP contribution in [-0.2, 0) is 14.8 Å². The highest BCUT2D eigenvalue weighted by Crippen LogP contribution is 2.51. The molecule has 3 heterocycles. The smallest absolute Gasteiger partial charge is 0.410 e. The lowest BCUT2D eigenvalue weighted by Crippen LogP contribution is -2.60. The number of likely N-dealkylation sites (N-methyl/N-ethyl adjacent to an activating group) is 1. The van der Waals surface area contributed by atoms with Crippen molar-refractivity contribution in [1.29, 1.82) is 0 Å². The maximum atomic E-state index is 13.9. The number of anilines is 1. The van der Waals surface area contributed by atoms with E-state index in [2.05, 4.69) is 66.3 Å². The number of nitro benzene ring substituents is 1. The van der Waals surface area contributed by atoms with E-state index in [-0.39, 0.29) is 34.7 Å². The number of rotatable bonds is 7. The second-order valence-electron chi connectivity index (χ2n) is 14.1. The average molecular weight is 768 g/mol. The first-order chi connectivity index (χ1) is 23.7. The first-order valence-corrected chi connectivity index (χ1v) is 19.1. The molecule has 0 aromatic heterocycles. The summed E-state index contributed by atoms with van der Waals surface area (Å²) in [4.78, 5) is 31.9. The zero-order chi connectivity index (χ0) is 35.8. The van der Waals surface area contributed by atoms with Crippen LogP contribution >= 0.6 is 15.9 Å². The Balaban J connectivity index is 1.38. The number of amides is 1. The second-order valence-corrected chi connectivity index (χ2v) is 16.7. The molecule has 3 aromatic carbocycles. The summed E-state index contributed by atoms with van der Waals surface area (Å²) in [7, 11) is -2.12. The molecule has 3 saturated heterocycles. The molecule has 0 aliphatic carbocycles. The van der Waals surface area contributed by atoms with Crippen LogP contribution in [0.15, 0.2) is 86.6 Å². The fourth-order valence-electron chi connectivity index (χ4n) is 6.91. The van der Waals surface area contributed by atoms with Gasteiger partial charge in [0.2, 0.25) is 0 Å². The van der Waals surface area contributed by atoms with Crippen molar-refractivity contribution < 1.29 is 22.9 Å². The van der Waals surface area contributed by atoms with Crippen molar-refractivity contribution in [2.45, 2.75) is 62.1 Å². The van der Waals surface area contributed by atoms with Crippen LogP contribution in [0.25, 0.3) is 0 Å². The first kappa shape index (κ1) is 35.8. The molecule has 0 N–H and O–H groups in total. The molecule has 3 aromatic rings. The SMILES string of the molecule is CN1CCN(c2ccc(C3C(=NS(=O)(=O)c4ccc([N+](=O)[O-])cc4)N(C4CCN(C(=O)OC(C)(C)C)CC4)C3c3ccc(Br)cc3)cc2)CC1. The lowest BCUT2D eigenvalue weighted by molar-refractivity contribution is -0.384. The van der Waals surface area contributed by atoms with Crippen LogP contribution in [0.5, 0.6) is 0 Å². The fraction of sp³-hybridized carbons (Fsp3) is 0.444. The number of sulfonamides is 1. The summed E-state index contributed by atoms with van der Waals surface area (Å²) in [6.45, 7) is 10.2. The molecule has 0 saturated carbocycles. The topological polar surface area (TPSA) is 129 Å². The Morgan fingerprint density at radius 1 is 0.880 bits per heavy atom. The number of hydrogen-bond acceptors (Lipinski definition) is 8.